The quantitative estimate of drug-likeness (QED) is 0.628. The van der Waals surface area contributed by atoms with Crippen molar-refractivity contribution in [1.29, 1.82) is 0 Å². The number of nitrogens with zero attached hydrogens (tertiary/aromatic N) is 1. The molecule has 0 radical (unpaired) electrons. The van der Waals surface area contributed by atoms with Crippen LogP contribution < -0.4 is 15.8 Å². The molecular weight excluding hydrogens is 364 g/mol. The van der Waals surface area contributed by atoms with Crippen molar-refractivity contribution in [3.63, 3.8) is 0 Å². The van der Waals surface area contributed by atoms with E-state index in [1.54, 1.807) is 24.3 Å². The lowest BCUT2D eigenvalue weighted by molar-refractivity contribution is 0.417. The highest BCUT2D eigenvalue weighted by molar-refractivity contribution is 7.91. The molecule has 7 nitrogen and oxygen atoms in total. The Bertz CT molecular complexity index is 1000. The van der Waals surface area contributed by atoms with Crippen LogP contribution in [0.3, 0.4) is 0 Å². The summed E-state index contributed by atoms with van der Waals surface area (Å²) in [6.07, 6.45) is 0. The average molecular weight is 379 g/mol. The Morgan fingerprint density at radius 1 is 1.16 bits per heavy atom. The lowest BCUT2D eigenvalue weighted by atomic mass is 10.3. The molecule has 0 aliphatic rings. The molecule has 0 fully saturated rings. The zero-order valence-corrected chi connectivity index (χ0v) is 14.7. The molecule has 0 amide bonds. The number of ether oxygens (including phenoxy) is 1. The zero-order chi connectivity index (χ0) is 18.0. The average Bonchev–Trinajstić information content (AvgIpc) is 2.97. The largest absolute Gasteiger partial charge is 0.495 e. The molecule has 1 aromatic heterocycles. The van der Waals surface area contributed by atoms with E-state index in [1.165, 1.54) is 31.4 Å². The fourth-order valence-corrected chi connectivity index (χ4v) is 3.85. The maximum atomic E-state index is 12.9. The highest BCUT2D eigenvalue weighted by Crippen LogP contribution is 2.35. The van der Waals surface area contributed by atoms with E-state index in [0.29, 0.717) is 16.5 Å². The van der Waals surface area contributed by atoms with Gasteiger partial charge in [0.1, 0.15) is 11.6 Å². The number of para-hydroxylation sites is 2. The summed E-state index contributed by atoms with van der Waals surface area (Å²) in [5.41, 5.74) is 6.38. The second-order valence-electron chi connectivity index (χ2n) is 5.10. The van der Waals surface area contributed by atoms with E-state index in [0.717, 1.165) is 0 Å². The van der Waals surface area contributed by atoms with Crippen molar-refractivity contribution in [2.75, 3.05) is 18.2 Å². The Morgan fingerprint density at radius 3 is 2.52 bits per heavy atom. The maximum Gasteiger partial charge on any atom is 0.213 e. The molecule has 3 aromatic rings. The number of rotatable bonds is 5. The SMILES string of the molecule is COc1ccccc1Nc1n[nH]c(N)c1S(=O)(=O)c1ccc(Cl)cc1. The normalized spacial score (nSPS) is 11.3. The van der Waals surface area contributed by atoms with Gasteiger partial charge < -0.3 is 15.8 Å². The number of anilines is 3. The van der Waals surface area contributed by atoms with Gasteiger partial charge in [0.15, 0.2) is 10.7 Å². The topological polar surface area (TPSA) is 110 Å². The van der Waals surface area contributed by atoms with Gasteiger partial charge in [0.2, 0.25) is 9.84 Å². The number of methoxy groups -OCH3 is 1. The number of halogens is 1. The lowest BCUT2D eigenvalue weighted by Gasteiger charge is -2.11. The van der Waals surface area contributed by atoms with Crippen LogP contribution in [0.2, 0.25) is 5.02 Å². The number of hydrogen-bond donors (Lipinski definition) is 3. The fourth-order valence-electron chi connectivity index (χ4n) is 2.31. The van der Waals surface area contributed by atoms with Gasteiger partial charge >= 0.3 is 0 Å². The molecule has 0 atom stereocenters. The van der Waals surface area contributed by atoms with Gasteiger partial charge in [-0.1, -0.05) is 23.7 Å². The van der Waals surface area contributed by atoms with Crippen LogP contribution in [0.1, 0.15) is 0 Å². The van der Waals surface area contributed by atoms with E-state index < -0.39 is 9.84 Å². The van der Waals surface area contributed by atoms with E-state index in [4.69, 9.17) is 22.1 Å². The van der Waals surface area contributed by atoms with Crippen molar-refractivity contribution in [2.24, 2.45) is 0 Å². The van der Waals surface area contributed by atoms with Gasteiger partial charge in [0, 0.05) is 5.02 Å². The Kier molecular flexibility index (Phi) is 4.56. The monoisotopic (exact) mass is 378 g/mol. The predicted octanol–water partition coefficient (Wildman–Crippen LogP) is 3.23. The molecule has 0 aliphatic heterocycles. The maximum absolute atomic E-state index is 12.9. The molecule has 1 heterocycles. The second kappa shape index (κ2) is 6.66. The third kappa shape index (κ3) is 3.26. The van der Waals surface area contributed by atoms with E-state index in [2.05, 4.69) is 15.5 Å². The molecule has 0 unspecified atom stereocenters. The summed E-state index contributed by atoms with van der Waals surface area (Å²) in [6.45, 7) is 0. The molecule has 130 valence electrons. The molecule has 0 saturated heterocycles. The molecular formula is C16H15ClN4O3S. The Balaban J connectivity index is 2.06. The van der Waals surface area contributed by atoms with Crippen molar-refractivity contribution in [3.8, 4) is 5.75 Å². The van der Waals surface area contributed by atoms with E-state index in [9.17, 15) is 8.42 Å². The van der Waals surface area contributed by atoms with Crippen LogP contribution in [-0.2, 0) is 9.84 Å². The summed E-state index contributed by atoms with van der Waals surface area (Å²) in [7, 11) is -2.38. The third-order valence-corrected chi connectivity index (χ3v) is 5.60. The molecule has 0 bridgehead atoms. The molecule has 2 aromatic carbocycles. The number of nitrogens with one attached hydrogen (secondary N) is 2. The first-order chi connectivity index (χ1) is 11.9. The summed E-state index contributed by atoms with van der Waals surface area (Å²) >= 11 is 5.83. The third-order valence-electron chi connectivity index (χ3n) is 3.50. The number of aromatic amines is 1. The van der Waals surface area contributed by atoms with Crippen LogP contribution >= 0.6 is 11.6 Å². The van der Waals surface area contributed by atoms with Gasteiger partial charge in [0.25, 0.3) is 0 Å². The zero-order valence-electron chi connectivity index (χ0n) is 13.2. The predicted molar refractivity (Wildman–Crippen MR) is 96.2 cm³/mol. The molecule has 0 aliphatic carbocycles. The minimum absolute atomic E-state index is 0.0626. The number of H-pyrrole nitrogens is 1. The van der Waals surface area contributed by atoms with Crippen molar-refractivity contribution in [2.45, 2.75) is 9.79 Å². The van der Waals surface area contributed by atoms with Crippen LogP contribution in [0.4, 0.5) is 17.3 Å². The molecule has 25 heavy (non-hydrogen) atoms. The van der Waals surface area contributed by atoms with Gasteiger partial charge in [-0.2, -0.15) is 5.10 Å². The minimum atomic E-state index is -3.89. The molecule has 3 rings (SSSR count). The summed E-state index contributed by atoms with van der Waals surface area (Å²) in [5, 5.41) is 9.86. The van der Waals surface area contributed by atoms with Crippen molar-refractivity contribution in [1.82, 2.24) is 10.2 Å². The standard InChI is InChI=1S/C16H15ClN4O3S/c1-24-13-5-3-2-4-12(13)19-16-14(15(18)20-21-16)25(22,23)11-8-6-10(17)7-9-11/h2-9H,1H3,(H4,18,19,20,21). The van der Waals surface area contributed by atoms with E-state index in [1.807, 2.05) is 0 Å². The molecule has 0 spiro atoms. The first kappa shape index (κ1) is 17.1. The smallest absolute Gasteiger partial charge is 0.213 e. The van der Waals surface area contributed by atoms with Gasteiger partial charge in [-0.05, 0) is 36.4 Å². The van der Waals surface area contributed by atoms with Crippen LogP contribution in [0.5, 0.6) is 5.75 Å². The number of hydrogen-bond acceptors (Lipinski definition) is 6. The number of nitrogens with two attached hydrogens (primary N) is 1. The number of sulfone groups is 1. The Hall–Kier alpha value is -2.71. The number of nitrogen functional groups attached to an aromatic ring is 1. The first-order valence-electron chi connectivity index (χ1n) is 7.18. The van der Waals surface area contributed by atoms with E-state index in [-0.39, 0.29) is 21.4 Å². The van der Waals surface area contributed by atoms with Gasteiger partial charge in [-0.15, -0.1) is 0 Å². The second-order valence-corrected chi connectivity index (χ2v) is 7.42. The van der Waals surface area contributed by atoms with Gasteiger partial charge in [-0.3, -0.25) is 5.10 Å². The summed E-state index contributed by atoms with van der Waals surface area (Å²) in [6, 6.07) is 12.9. The van der Waals surface area contributed by atoms with Crippen LogP contribution in [-0.4, -0.2) is 25.7 Å². The lowest BCUT2D eigenvalue weighted by Crippen LogP contribution is -2.07. The Labute approximate surface area is 149 Å². The molecule has 4 N–H and O–H groups in total. The minimum Gasteiger partial charge on any atom is -0.495 e. The Morgan fingerprint density at radius 2 is 1.84 bits per heavy atom. The highest BCUT2D eigenvalue weighted by atomic mass is 35.5. The van der Waals surface area contributed by atoms with Crippen LogP contribution in [0, 0.1) is 0 Å². The van der Waals surface area contributed by atoms with Gasteiger partial charge in [0.05, 0.1) is 17.7 Å². The van der Waals surface area contributed by atoms with Crippen LogP contribution in [0.25, 0.3) is 0 Å². The number of aromatic nitrogens is 2. The number of benzene rings is 2. The van der Waals surface area contributed by atoms with E-state index >= 15 is 0 Å². The summed E-state index contributed by atoms with van der Waals surface area (Å²) < 4.78 is 31.1. The first-order valence-corrected chi connectivity index (χ1v) is 9.04. The van der Waals surface area contributed by atoms with Crippen molar-refractivity contribution >= 4 is 38.8 Å². The summed E-state index contributed by atoms with van der Waals surface area (Å²) in [4.78, 5) is -0.0752. The fraction of sp³-hybridized carbons (Fsp3) is 0.0625. The molecule has 9 heteroatoms. The van der Waals surface area contributed by atoms with Crippen molar-refractivity contribution < 1.29 is 13.2 Å². The van der Waals surface area contributed by atoms with Gasteiger partial charge in [-0.25, -0.2) is 8.42 Å². The van der Waals surface area contributed by atoms with Crippen LogP contribution in [0.15, 0.2) is 58.3 Å². The summed E-state index contributed by atoms with van der Waals surface area (Å²) in [5.74, 6) is 0.559. The van der Waals surface area contributed by atoms with Crippen molar-refractivity contribution in [3.05, 3.63) is 53.6 Å². The molecule has 0 saturated carbocycles. The highest BCUT2D eigenvalue weighted by Gasteiger charge is 2.27.